The molecule has 4 heteroatoms. The van der Waals surface area contributed by atoms with Crippen LogP contribution in [0.25, 0.3) is 0 Å². The SMILES string of the molecule is CCC(N)C(c1ccncc1)N(CC)Cc1ccco1. The van der Waals surface area contributed by atoms with Crippen molar-refractivity contribution >= 4 is 0 Å². The van der Waals surface area contributed by atoms with E-state index in [1.54, 1.807) is 6.26 Å². The molecule has 0 aliphatic carbocycles. The van der Waals surface area contributed by atoms with E-state index < -0.39 is 0 Å². The number of nitrogens with two attached hydrogens (primary N) is 1. The highest BCUT2D eigenvalue weighted by molar-refractivity contribution is 5.18. The molecular weight excluding hydrogens is 250 g/mol. The second-order valence-electron chi connectivity index (χ2n) is 4.94. The zero-order valence-corrected chi connectivity index (χ0v) is 12.2. The predicted molar refractivity (Wildman–Crippen MR) is 80.0 cm³/mol. The van der Waals surface area contributed by atoms with Crippen LogP contribution >= 0.6 is 0 Å². The number of pyridine rings is 1. The zero-order valence-electron chi connectivity index (χ0n) is 12.2. The van der Waals surface area contributed by atoms with Crippen LogP contribution in [0.15, 0.2) is 47.3 Å². The van der Waals surface area contributed by atoms with Gasteiger partial charge in [-0.3, -0.25) is 9.88 Å². The molecule has 108 valence electrons. The molecular formula is C16H23N3O. The van der Waals surface area contributed by atoms with Crippen LogP contribution in [0.2, 0.25) is 0 Å². The first-order chi connectivity index (χ1) is 9.76. The van der Waals surface area contributed by atoms with E-state index in [1.807, 2.05) is 36.7 Å². The maximum Gasteiger partial charge on any atom is 0.117 e. The summed E-state index contributed by atoms with van der Waals surface area (Å²) in [5.74, 6) is 0.967. The Balaban J connectivity index is 2.24. The van der Waals surface area contributed by atoms with E-state index in [0.29, 0.717) is 0 Å². The zero-order chi connectivity index (χ0) is 14.4. The topological polar surface area (TPSA) is 55.3 Å². The third-order valence-corrected chi connectivity index (χ3v) is 3.66. The Bertz CT molecular complexity index is 484. The van der Waals surface area contributed by atoms with Crippen molar-refractivity contribution in [3.63, 3.8) is 0 Å². The summed E-state index contributed by atoms with van der Waals surface area (Å²) in [7, 11) is 0. The number of hydrogen-bond donors (Lipinski definition) is 1. The van der Waals surface area contributed by atoms with Crippen molar-refractivity contribution in [3.8, 4) is 0 Å². The Hall–Kier alpha value is -1.65. The van der Waals surface area contributed by atoms with Gasteiger partial charge >= 0.3 is 0 Å². The average molecular weight is 273 g/mol. The average Bonchev–Trinajstić information content (AvgIpc) is 3.00. The fraction of sp³-hybridized carbons (Fsp3) is 0.438. The first-order valence-electron chi connectivity index (χ1n) is 7.18. The van der Waals surface area contributed by atoms with Crippen LogP contribution in [0, 0.1) is 0 Å². The minimum atomic E-state index is 0.0901. The lowest BCUT2D eigenvalue weighted by Gasteiger charge is -2.34. The summed E-state index contributed by atoms with van der Waals surface area (Å²) in [4.78, 5) is 6.45. The van der Waals surface area contributed by atoms with Gasteiger partial charge in [-0.05, 0) is 42.8 Å². The number of aromatic nitrogens is 1. The van der Waals surface area contributed by atoms with Crippen molar-refractivity contribution in [3.05, 3.63) is 54.2 Å². The van der Waals surface area contributed by atoms with E-state index in [1.165, 1.54) is 5.56 Å². The molecule has 4 nitrogen and oxygen atoms in total. The lowest BCUT2D eigenvalue weighted by Crippen LogP contribution is -2.40. The summed E-state index contributed by atoms with van der Waals surface area (Å²) in [6, 6.07) is 8.29. The first kappa shape index (κ1) is 14.8. The van der Waals surface area contributed by atoms with Crippen LogP contribution in [-0.4, -0.2) is 22.5 Å². The molecule has 20 heavy (non-hydrogen) atoms. The van der Waals surface area contributed by atoms with Crippen molar-refractivity contribution in [1.29, 1.82) is 0 Å². The van der Waals surface area contributed by atoms with Crippen LogP contribution in [0.4, 0.5) is 0 Å². The van der Waals surface area contributed by atoms with Crippen LogP contribution in [-0.2, 0) is 6.54 Å². The molecule has 0 aromatic carbocycles. The molecule has 2 unspecified atom stereocenters. The van der Waals surface area contributed by atoms with Crippen molar-refractivity contribution in [2.45, 2.75) is 38.9 Å². The number of likely N-dealkylation sites (N-methyl/N-ethyl adjacent to an activating group) is 1. The smallest absolute Gasteiger partial charge is 0.117 e. The van der Waals surface area contributed by atoms with E-state index in [-0.39, 0.29) is 12.1 Å². The quantitative estimate of drug-likeness (QED) is 0.842. The van der Waals surface area contributed by atoms with Gasteiger partial charge in [-0.25, -0.2) is 0 Å². The Kier molecular flexibility index (Phi) is 5.32. The summed E-state index contributed by atoms with van der Waals surface area (Å²) in [5, 5.41) is 0. The Morgan fingerprint density at radius 3 is 2.55 bits per heavy atom. The van der Waals surface area contributed by atoms with Crippen LogP contribution in [0.5, 0.6) is 0 Å². The second-order valence-corrected chi connectivity index (χ2v) is 4.94. The Labute approximate surface area is 120 Å². The van der Waals surface area contributed by atoms with Crippen molar-refractivity contribution < 1.29 is 4.42 Å². The highest BCUT2D eigenvalue weighted by Crippen LogP contribution is 2.26. The van der Waals surface area contributed by atoms with E-state index in [9.17, 15) is 0 Å². The van der Waals surface area contributed by atoms with Crippen LogP contribution in [0.3, 0.4) is 0 Å². The van der Waals surface area contributed by atoms with Gasteiger partial charge in [0.05, 0.1) is 18.8 Å². The lowest BCUT2D eigenvalue weighted by molar-refractivity contribution is 0.157. The monoisotopic (exact) mass is 273 g/mol. The summed E-state index contributed by atoms with van der Waals surface area (Å²) in [6.07, 6.45) is 6.29. The van der Waals surface area contributed by atoms with Gasteiger partial charge in [0.2, 0.25) is 0 Å². The van der Waals surface area contributed by atoms with Gasteiger partial charge < -0.3 is 10.2 Å². The molecule has 0 saturated carbocycles. The third-order valence-electron chi connectivity index (χ3n) is 3.66. The molecule has 0 aliphatic heterocycles. The highest BCUT2D eigenvalue weighted by atomic mass is 16.3. The maximum absolute atomic E-state index is 6.36. The fourth-order valence-corrected chi connectivity index (χ4v) is 2.52. The molecule has 2 heterocycles. The van der Waals surface area contributed by atoms with Crippen molar-refractivity contribution in [1.82, 2.24) is 9.88 Å². The van der Waals surface area contributed by atoms with Crippen molar-refractivity contribution in [2.75, 3.05) is 6.54 Å². The molecule has 0 bridgehead atoms. The molecule has 2 rings (SSSR count). The second kappa shape index (κ2) is 7.22. The number of hydrogen-bond acceptors (Lipinski definition) is 4. The molecule has 2 N–H and O–H groups in total. The molecule has 0 saturated heterocycles. The lowest BCUT2D eigenvalue weighted by atomic mass is 9.97. The first-order valence-corrected chi connectivity index (χ1v) is 7.18. The standard InChI is InChI=1S/C16H23N3O/c1-3-15(17)16(13-7-9-18-10-8-13)19(4-2)12-14-6-5-11-20-14/h5-11,15-16H,3-4,12,17H2,1-2H3. The van der Waals surface area contributed by atoms with E-state index in [4.69, 9.17) is 10.2 Å². The Morgan fingerprint density at radius 2 is 2.00 bits per heavy atom. The molecule has 2 aromatic rings. The summed E-state index contributed by atoms with van der Waals surface area (Å²) in [5.41, 5.74) is 7.57. The van der Waals surface area contributed by atoms with Gasteiger partial charge in [0.15, 0.2) is 0 Å². The molecule has 2 aromatic heterocycles. The summed E-state index contributed by atoms with van der Waals surface area (Å²) in [6.45, 7) is 5.96. The Morgan fingerprint density at radius 1 is 1.25 bits per heavy atom. The largest absolute Gasteiger partial charge is 0.468 e. The van der Waals surface area contributed by atoms with Gasteiger partial charge in [-0.2, -0.15) is 0 Å². The van der Waals surface area contributed by atoms with Gasteiger partial charge in [-0.15, -0.1) is 0 Å². The number of furan rings is 1. The van der Waals surface area contributed by atoms with Gasteiger partial charge in [-0.1, -0.05) is 13.8 Å². The third kappa shape index (κ3) is 3.46. The summed E-state index contributed by atoms with van der Waals surface area (Å²) < 4.78 is 5.47. The molecule has 0 amide bonds. The van der Waals surface area contributed by atoms with Gasteiger partial charge in [0.25, 0.3) is 0 Å². The van der Waals surface area contributed by atoms with Gasteiger partial charge in [0.1, 0.15) is 5.76 Å². The fourth-order valence-electron chi connectivity index (χ4n) is 2.52. The van der Waals surface area contributed by atoms with Gasteiger partial charge in [0, 0.05) is 18.4 Å². The molecule has 2 atom stereocenters. The van der Waals surface area contributed by atoms with Crippen molar-refractivity contribution in [2.24, 2.45) is 5.73 Å². The normalized spacial score (nSPS) is 14.4. The van der Waals surface area contributed by atoms with E-state index >= 15 is 0 Å². The molecule has 0 spiro atoms. The number of nitrogens with zero attached hydrogens (tertiary/aromatic N) is 2. The summed E-state index contributed by atoms with van der Waals surface area (Å²) >= 11 is 0. The molecule has 0 aliphatic rings. The predicted octanol–water partition coefficient (Wildman–Crippen LogP) is 2.98. The minimum Gasteiger partial charge on any atom is -0.468 e. The molecule has 0 radical (unpaired) electrons. The van der Waals surface area contributed by atoms with E-state index in [2.05, 4.69) is 23.7 Å². The number of rotatable bonds is 7. The molecule has 0 fully saturated rings. The highest BCUT2D eigenvalue weighted by Gasteiger charge is 2.25. The van der Waals surface area contributed by atoms with E-state index in [0.717, 1.165) is 25.3 Å². The van der Waals surface area contributed by atoms with Crippen LogP contribution < -0.4 is 5.73 Å². The van der Waals surface area contributed by atoms with Crippen LogP contribution in [0.1, 0.15) is 37.6 Å². The maximum atomic E-state index is 6.36. The minimum absolute atomic E-state index is 0.0901.